The normalized spacial score (nSPS) is 19.3. The van der Waals surface area contributed by atoms with Gasteiger partial charge >= 0.3 is 12.3 Å². The second-order valence-electron chi connectivity index (χ2n) is 5.26. The number of benzene rings is 1. The van der Waals surface area contributed by atoms with Crippen LogP contribution in [0.1, 0.15) is 6.42 Å². The Morgan fingerprint density at radius 1 is 1.38 bits per heavy atom. The molecule has 1 aromatic rings. The number of carbonyl (C=O) groups excluding carboxylic acids is 1. The average Bonchev–Trinajstić information content (AvgIpc) is 2.88. The summed E-state index contributed by atoms with van der Waals surface area (Å²) in [7, 11) is 1.51. The lowest BCUT2D eigenvalue weighted by Gasteiger charge is -2.16. The van der Waals surface area contributed by atoms with Crippen LogP contribution in [0.4, 0.5) is 23.7 Å². The van der Waals surface area contributed by atoms with Crippen molar-refractivity contribution in [3.05, 3.63) is 24.3 Å². The van der Waals surface area contributed by atoms with E-state index in [2.05, 4.69) is 0 Å². The molecule has 0 bridgehead atoms. The fraction of sp³-hybridized carbons (Fsp3) is 0.533. The molecule has 1 aliphatic heterocycles. The summed E-state index contributed by atoms with van der Waals surface area (Å²) in [6.07, 6.45) is -8.44. The molecule has 6 nitrogen and oxygen atoms in total. The fourth-order valence-corrected chi connectivity index (χ4v) is 2.18. The van der Waals surface area contributed by atoms with Crippen molar-refractivity contribution in [1.29, 1.82) is 0 Å². The van der Waals surface area contributed by atoms with Crippen molar-refractivity contribution in [2.24, 2.45) is 0 Å². The van der Waals surface area contributed by atoms with Crippen LogP contribution in [0.15, 0.2) is 24.3 Å². The number of ether oxygens (including phenoxy) is 3. The first-order chi connectivity index (χ1) is 11.3. The number of halogens is 3. The van der Waals surface area contributed by atoms with Crippen LogP contribution in [-0.4, -0.2) is 56.5 Å². The standard InChI is InChI=1S/C15H18F3NO5/c1-22-9-12-8-19(14(21)24-12)10-2-4-11(5-3-10)23-7-6-13(20)15(16,17)18/h2-5,12-13,20H,6-9H2,1H3/t12-,13-/m1/s1/i16-1. The lowest BCUT2D eigenvalue weighted by atomic mass is 10.2. The summed E-state index contributed by atoms with van der Waals surface area (Å²) in [5.41, 5.74) is 0.585. The minimum Gasteiger partial charge on any atom is -0.493 e. The number of alkyl halides is 3. The van der Waals surface area contributed by atoms with Gasteiger partial charge in [-0.05, 0) is 24.3 Å². The Morgan fingerprint density at radius 3 is 2.62 bits per heavy atom. The third-order valence-electron chi connectivity index (χ3n) is 3.41. The van der Waals surface area contributed by atoms with Crippen LogP contribution in [0, 0.1) is 0 Å². The highest BCUT2D eigenvalue weighted by atomic mass is 19.3. The maximum Gasteiger partial charge on any atom is 0.414 e. The second-order valence-corrected chi connectivity index (χ2v) is 5.26. The Bertz CT molecular complexity index is 549. The van der Waals surface area contributed by atoms with Gasteiger partial charge in [-0.2, -0.15) is 13.2 Å². The number of cyclic esters (lactones) is 1. The van der Waals surface area contributed by atoms with Crippen LogP contribution in [0.5, 0.6) is 5.75 Å². The van der Waals surface area contributed by atoms with E-state index in [1.165, 1.54) is 24.1 Å². The Kier molecular flexibility index (Phi) is 5.89. The van der Waals surface area contributed by atoms with Gasteiger partial charge in [0, 0.05) is 19.2 Å². The van der Waals surface area contributed by atoms with E-state index in [9.17, 15) is 18.0 Å². The highest BCUT2D eigenvalue weighted by Gasteiger charge is 2.37. The molecule has 1 fully saturated rings. The van der Waals surface area contributed by atoms with Crippen LogP contribution in [0.3, 0.4) is 0 Å². The molecule has 9 heteroatoms. The molecule has 0 saturated carbocycles. The first-order valence-corrected chi connectivity index (χ1v) is 7.26. The first kappa shape index (κ1) is 18.3. The summed E-state index contributed by atoms with van der Waals surface area (Å²) >= 11 is 0. The molecule has 1 amide bonds. The van der Waals surface area contributed by atoms with Crippen LogP contribution in [-0.2, 0) is 9.47 Å². The Balaban J connectivity index is 1.86. The third kappa shape index (κ3) is 4.75. The number of hydrogen-bond acceptors (Lipinski definition) is 5. The third-order valence-corrected chi connectivity index (χ3v) is 3.41. The minimum absolute atomic E-state index is 0.276. The molecular weight excluding hydrogens is 330 g/mol. The van der Waals surface area contributed by atoms with Gasteiger partial charge in [-0.1, -0.05) is 0 Å². The Labute approximate surface area is 136 Å². The molecule has 134 valence electrons. The number of aliphatic hydroxyl groups is 1. The van der Waals surface area contributed by atoms with Gasteiger partial charge < -0.3 is 19.3 Å². The summed E-state index contributed by atoms with van der Waals surface area (Å²) in [6, 6.07) is 6.27. The van der Waals surface area contributed by atoms with Crippen molar-refractivity contribution in [2.75, 3.05) is 31.8 Å². The molecule has 2 rings (SSSR count). The molecule has 1 N–H and O–H groups in total. The van der Waals surface area contributed by atoms with Crippen molar-refractivity contribution in [3.63, 3.8) is 0 Å². The molecule has 1 aliphatic rings. The van der Waals surface area contributed by atoms with E-state index in [0.29, 0.717) is 24.6 Å². The van der Waals surface area contributed by atoms with Crippen molar-refractivity contribution in [1.82, 2.24) is 0 Å². The molecule has 0 spiro atoms. The number of nitrogens with zero attached hydrogens (tertiary/aromatic N) is 1. The van der Waals surface area contributed by atoms with Gasteiger partial charge in [-0.3, -0.25) is 4.90 Å². The van der Waals surface area contributed by atoms with E-state index in [1.807, 2.05) is 0 Å². The first-order valence-electron chi connectivity index (χ1n) is 7.26. The Morgan fingerprint density at radius 2 is 2.04 bits per heavy atom. The smallest absolute Gasteiger partial charge is 0.414 e. The number of hydrogen-bond donors (Lipinski definition) is 1. The second kappa shape index (κ2) is 7.71. The van der Waals surface area contributed by atoms with Gasteiger partial charge in [-0.25, -0.2) is 4.79 Å². The maximum atomic E-state index is 12.2. The van der Waals surface area contributed by atoms with Crippen molar-refractivity contribution in [2.45, 2.75) is 24.8 Å². The molecule has 2 atom stereocenters. The molecular formula is C15H18F3NO5. The van der Waals surface area contributed by atoms with Crippen molar-refractivity contribution < 1.29 is 37.3 Å². The number of rotatable bonds is 7. The summed E-state index contributed by atoms with van der Waals surface area (Å²) in [5.74, 6) is 0.342. The molecule has 0 aliphatic carbocycles. The highest BCUT2D eigenvalue weighted by molar-refractivity contribution is 5.89. The molecule has 0 unspecified atom stereocenters. The van der Waals surface area contributed by atoms with Gasteiger partial charge in [-0.15, -0.1) is 0 Å². The highest BCUT2D eigenvalue weighted by Crippen LogP contribution is 2.25. The number of aliphatic hydroxyl groups excluding tert-OH is 1. The van der Waals surface area contributed by atoms with E-state index >= 15 is 0 Å². The number of amides is 1. The Hall–Kier alpha value is -2.00. The predicted molar refractivity (Wildman–Crippen MR) is 78.1 cm³/mol. The number of methoxy groups -OCH3 is 1. The van der Waals surface area contributed by atoms with Gasteiger partial charge in [0.05, 0.1) is 19.8 Å². The van der Waals surface area contributed by atoms with Gasteiger partial charge in [0.1, 0.15) is 11.9 Å². The predicted octanol–water partition coefficient (Wildman–Crippen LogP) is 2.35. The van der Waals surface area contributed by atoms with Gasteiger partial charge in [0.2, 0.25) is 0 Å². The summed E-state index contributed by atoms with van der Waals surface area (Å²) in [6.45, 7) is 0.372. The summed E-state index contributed by atoms with van der Waals surface area (Å²) in [4.78, 5) is 13.2. The largest absolute Gasteiger partial charge is 0.493 e. The SMILES string of the molecule is COC[C@H]1CN(c2ccc(OCC[C@@H](O)C(F)(F)[18F])cc2)C(=O)O1. The zero-order valence-electron chi connectivity index (χ0n) is 13.0. The van der Waals surface area contributed by atoms with Crippen LogP contribution >= 0.6 is 0 Å². The number of anilines is 1. The van der Waals surface area contributed by atoms with Gasteiger partial charge in [0.15, 0.2) is 6.10 Å². The van der Waals surface area contributed by atoms with E-state index in [-0.39, 0.29) is 12.7 Å². The van der Waals surface area contributed by atoms with E-state index in [0.717, 1.165) is 0 Å². The van der Waals surface area contributed by atoms with E-state index in [1.54, 1.807) is 12.1 Å². The summed E-state index contributed by atoms with van der Waals surface area (Å²) in [5, 5.41) is 8.88. The van der Waals surface area contributed by atoms with Crippen molar-refractivity contribution >= 4 is 11.8 Å². The minimum atomic E-state index is -4.65. The lowest BCUT2D eigenvalue weighted by molar-refractivity contribution is -0.206. The van der Waals surface area contributed by atoms with Gasteiger partial charge in [0.25, 0.3) is 0 Å². The molecule has 1 aromatic carbocycles. The molecule has 0 aromatic heterocycles. The fourth-order valence-electron chi connectivity index (χ4n) is 2.18. The van der Waals surface area contributed by atoms with Crippen molar-refractivity contribution in [3.8, 4) is 5.75 Å². The van der Waals surface area contributed by atoms with Crippen LogP contribution < -0.4 is 9.64 Å². The summed E-state index contributed by atoms with van der Waals surface area (Å²) < 4.78 is 51.7. The maximum absolute atomic E-state index is 12.2. The zero-order valence-corrected chi connectivity index (χ0v) is 13.0. The van der Waals surface area contributed by atoms with E-state index < -0.39 is 24.8 Å². The monoisotopic (exact) mass is 348 g/mol. The lowest BCUT2D eigenvalue weighted by Crippen LogP contribution is -2.30. The molecule has 24 heavy (non-hydrogen) atoms. The molecule has 1 saturated heterocycles. The van der Waals surface area contributed by atoms with E-state index in [4.69, 9.17) is 19.3 Å². The average molecular weight is 348 g/mol. The molecule has 1 heterocycles. The number of carbonyl (C=O) groups is 1. The zero-order chi connectivity index (χ0) is 17.7. The van der Waals surface area contributed by atoms with Crippen LogP contribution in [0.2, 0.25) is 0 Å². The quantitative estimate of drug-likeness (QED) is 0.819. The topological polar surface area (TPSA) is 68.2 Å². The molecule has 0 radical (unpaired) electrons. The van der Waals surface area contributed by atoms with Crippen LogP contribution in [0.25, 0.3) is 0 Å².